The van der Waals surface area contributed by atoms with Gasteiger partial charge in [-0.05, 0) is 54.2 Å². The molecule has 4 atom stereocenters. The van der Waals surface area contributed by atoms with E-state index in [1.165, 1.54) is 26.2 Å². The Hall–Kier alpha value is -2.86. The molecular formula is C27H31FNO5P. The van der Waals surface area contributed by atoms with Crippen molar-refractivity contribution < 1.29 is 28.5 Å². The molecule has 0 aliphatic carbocycles. The number of nitrogens with zero attached hydrogens (tertiary/aromatic N) is 1. The molecule has 35 heavy (non-hydrogen) atoms. The predicted octanol–water partition coefficient (Wildman–Crippen LogP) is 6.01. The molecule has 2 aromatic carbocycles. The summed E-state index contributed by atoms with van der Waals surface area (Å²) in [6.45, 7) is 5.18. The van der Waals surface area contributed by atoms with Gasteiger partial charge in [0.2, 0.25) is 8.03 Å². The Kier molecular flexibility index (Phi) is 8.60. The van der Waals surface area contributed by atoms with E-state index >= 15 is 0 Å². The van der Waals surface area contributed by atoms with E-state index in [1.807, 2.05) is 50.2 Å². The molecule has 0 fully saturated rings. The summed E-state index contributed by atoms with van der Waals surface area (Å²) in [7, 11) is -2.08. The van der Waals surface area contributed by atoms with Gasteiger partial charge in [-0.3, -0.25) is 14.3 Å². The van der Waals surface area contributed by atoms with Crippen molar-refractivity contribution in [3.8, 4) is 22.4 Å². The Morgan fingerprint density at radius 3 is 2.23 bits per heavy atom. The number of aromatic nitrogens is 1. The first-order chi connectivity index (χ1) is 16.6. The van der Waals surface area contributed by atoms with Gasteiger partial charge >= 0.3 is 5.97 Å². The van der Waals surface area contributed by atoms with Gasteiger partial charge in [0, 0.05) is 24.8 Å². The molecule has 2 N–H and O–H groups in total. The van der Waals surface area contributed by atoms with Crippen molar-refractivity contribution in [3.05, 3.63) is 78.2 Å². The van der Waals surface area contributed by atoms with E-state index in [0.717, 1.165) is 5.56 Å². The number of hydrogen-bond donors (Lipinski definition) is 2. The summed E-state index contributed by atoms with van der Waals surface area (Å²) >= 11 is 0. The number of benzene rings is 2. The van der Waals surface area contributed by atoms with Crippen molar-refractivity contribution >= 4 is 14.0 Å². The fraction of sp³-hybridized carbons (Fsp3) is 0.333. The molecule has 0 aliphatic heterocycles. The molecule has 0 bridgehead atoms. The number of halogens is 1. The van der Waals surface area contributed by atoms with E-state index in [1.54, 1.807) is 18.3 Å². The normalized spacial score (nSPS) is 15.9. The van der Waals surface area contributed by atoms with E-state index in [-0.39, 0.29) is 5.92 Å². The number of aliphatic hydroxyl groups is 1. The quantitative estimate of drug-likeness (QED) is 0.332. The molecule has 4 unspecified atom stereocenters. The molecule has 1 aromatic heterocycles. The van der Waals surface area contributed by atoms with Crippen molar-refractivity contribution in [2.45, 2.75) is 44.4 Å². The average molecular weight is 500 g/mol. The van der Waals surface area contributed by atoms with Gasteiger partial charge in [-0.1, -0.05) is 56.3 Å². The maximum atomic E-state index is 13.8. The van der Waals surface area contributed by atoms with Crippen LogP contribution in [0.2, 0.25) is 0 Å². The van der Waals surface area contributed by atoms with Crippen molar-refractivity contribution in [3.63, 3.8) is 0 Å². The zero-order valence-corrected chi connectivity index (χ0v) is 21.2. The van der Waals surface area contributed by atoms with Crippen molar-refractivity contribution in [1.82, 2.24) is 4.98 Å². The molecule has 6 nitrogen and oxygen atoms in total. The van der Waals surface area contributed by atoms with Gasteiger partial charge in [0.1, 0.15) is 5.82 Å². The number of hydrogen-bond acceptors (Lipinski definition) is 5. The Morgan fingerprint density at radius 2 is 1.71 bits per heavy atom. The Bertz CT molecular complexity index is 1180. The Morgan fingerprint density at radius 1 is 1.09 bits per heavy atom. The van der Waals surface area contributed by atoms with Crippen LogP contribution >= 0.6 is 8.03 Å². The maximum absolute atomic E-state index is 13.8. The molecule has 0 aliphatic rings. The first-order valence-electron chi connectivity index (χ1n) is 11.4. The van der Waals surface area contributed by atoms with Crippen LogP contribution in [0.4, 0.5) is 4.39 Å². The number of carbonyl (C=O) groups is 1. The van der Waals surface area contributed by atoms with E-state index in [0.29, 0.717) is 28.8 Å². The minimum Gasteiger partial charge on any atom is -0.480 e. The first-order valence-corrected chi connectivity index (χ1v) is 12.8. The van der Waals surface area contributed by atoms with E-state index < -0.39 is 37.0 Å². The molecule has 0 saturated carbocycles. The van der Waals surface area contributed by atoms with Crippen LogP contribution in [0, 0.1) is 11.7 Å². The number of carboxylic acids is 1. The minimum atomic E-state index is -3.27. The molecule has 3 aromatic rings. The summed E-state index contributed by atoms with van der Waals surface area (Å²) < 4.78 is 32.1. The van der Waals surface area contributed by atoms with Gasteiger partial charge in [-0.25, -0.2) is 4.39 Å². The van der Waals surface area contributed by atoms with Gasteiger partial charge in [0.15, 0.2) is 5.16 Å². The van der Waals surface area contributed by atoms with Gasteiger partial charge < -0.3 is 14.7 Å². The van der Waals surface area contributed by atoms with E-state index in [9.17, 15) is 24.0 Å². The lowest BCUT2D eigenvalue weighted by atomic mass is 9.75. The molecule has 0 radical (unpaired) electrons. The van der Waals surface area contributed by atoms with Crippen LogP contribution in [-0.2, 0) is 13.9 Å². The fourth-order valence-electron chi connectivity index (χ4n) is 4.61. The van der Waals surface area contributed by atoms with Crippen LogP contribution in [0.5, 0.6) is 0 Å². The molecule has 8 heteroatoms. The second kappa shape index (κ2) is 11.3. The molecule has 0 spiro atoms. The van der Waals surface area contributed by atoms with Crippen molar-refractivity contribution in [2.24, 2.45) is 5.92 Å². The number of aliphatic hydroxyl groups excluding tert-OH is 1. The number of rotatable bonds is 10. The van der Waals surface area contributed by atoms with Crippen LogP contribution in [0.3, 0.4) is 0 Å². The van der Waals surface area contributed by atoms with Crippen LogP contribution in [0.25, 0.3) is 22.4 Å². The predicted molar refractivity (Wildman–Crippen MR) is 135 cm³/mol. The molecule has 1 heterocycles. The monoisotopic (exact) mass is 499 g/mol. The van der Waals surface area contributed by atoms with Crippen LogP contribution in [0.1, 0.15) is 38.7 Å². The standard InChI is InChI=1S/C27H31FNO5P/c1-17(2)14-24(27(18(3)30,26(31)32)35(33)34-4)23-16-29-25(20-8-6-5-7-9-20)15-22(23)19-10-12-21(28)13-11-19/h5-13,15-18,24,30,35H,14H2,1-4H3,(H,31,32). The maximum Gasteiger partial charge on any atom is 0.322 e. The lowest BCUT2D eigenvalue weighted by Crippen LogP contribution is -2.50. The second-order valence-electron chi connectivity index (χ2n) is 9.05. The van der Waals surface area contributed by atoms with Crippen molar-refractivity contribution in [1.29, 1.82) is 0 Å². The van der Waals surface area contributed by atoms with Gasteiger partial charge in [0.25, 0.3) is 0 Å². The summed E-state index contributed by atoms with van der Waals surface area (Å²) in [4.78, 5) is 17.4. The highest BCUT2D eigenvalue weighted by Crippen LogP contribution is 2.55. The lowest BCUT2D eigenvalue weighted by molar-refractivity contribution is -0.144. The van der Waals surface area contributed by atoms with E-state index in [2.05, 4.69) is 4.98 Å². The lowest BCUT2D eigenvalue weighted by Gasteiger charge is -2.39. The zero-order chi connectivity index (χ0) is 25.8. The highest BCUT2D eigenvalue weighted by Gasteiger charge is 2.56. The third-order valence-electron chi connectivity index (χ3n) is 6.33. The first kappa shape index (κ1) is 26.7. The third-order valence-corrected chi connectivity index (χ3v) is 8.35. The largest absolute Gasteiger partial charge is 0.480 e. The highest BCUT2D eigenvalue weighted by atomic mass is 31.1. The number of pyridine rings is 1. The minimum absolute atomic E-state index is 0.000927. The van der Waals surface area contributed by atoms with Gasteiger partial charge in [0.05, 0.1) is 11.8 Å². The topological polar surface area (TPSA) is 96.7 Å². The summed E-state index contributed by atoms with van der Waals surface area (Å²) in [6.07, 6.45) is 0.404. The molecule has 0 amide bonds. The Labute approximate surface area is 205 Å². The summed E-state index contributed by atoms with van der Waals surface area (Å²) in [5, 5.41) is 19.1. The van der Waals surface area contributed by atoms with Gasteiger partial charge in [-0.15, -0.1) is 0 Å². The summed E-state index contributed by atoms with van der Waals surface area (Å²) in [6, 6.07) is 17.2. The third kappa shape index (κ3) is 5.37. The molecule has 186 valence electrons. The second-order valence-corrected chi connectivity index (χ2v) is 10.9. The average Bonchev–Trinajstić information content (AvgIpc) is 2.83. The van der Waals surface area contributed by atoms with Crippen molar-refractivity contribution in [2.75, 3.05) is 7.11 Å². The molecule has 0 saturated heterocycles. The summed E-state index contributed by atoms with van der Waals surface area (Å²) in [5.74, 6) is -2.71. The zero-order valence-electron chi connectivity index (χ0n) is 20.2. The highest BCUT2D eigenvalue weighted by molar-refractivity contribution is 7.42. The van der Waals surface area contributed by atoms with Crippen LogP contribution in [-0.4, -0.2) is 39.5 Å². The smallest absolute Gasteiger partial charge is 0.322 e. The van der Waals surface area contributed by atoms with Crippen LogP contribution < -0.4 is 0 Å². The molecular weight excluding hydrogens is 468 g/mol. The van der Waals surface area contributed by atoms with Gasteiger partial charge in [-0.2, -0.15) is 0 Å². The van der Waals surface area contributed by atoms with E-state index in [4.69, 9.17) is 4.52 Å². The SMILES string of the molecule is CO[PH](=O)C(C(=O)O)(C(C)O)C(CC(C)C)c1cnc(-c2ccccc2)cc1-c1ccc(F)cc1. The number of carboxylic acid groups (broad SMARTS) is 1. The number of aliphatic carboxylic acids is 1. The fourth-order valence-corrected chi connectivity index (χ4v) is 6.02. The summed E-state index contributed by atoms with van der Waals surface area (Å²) in [5.41, 5.74) is 3.28. The van der Waals surface area contributed by atoms with Crippen LogP contribution in [0.15, 0.2) is 66.9 Å². The Balaban J connectivity index is 2.37. The molecule has 3 rings (SSSR count).